The number of phenolic OH excluding ortho intramolecular Hbond substituents is 1. The summed E-state index contributed by atoms with van der Waals surface area (Å²) in [5.41, 5.74) is 14.5. The first kappa shape index (κ1) is 56.3. The minimum absolute atomic E-state index is 0.0855. The second-order valence-electron chi connectivity index (χ2n) is 25.4. The van der Waals surface area contributed by atoms with E-state index in [1.165, 1.54) is 12.8 Å². The molecule has 7 aliphatic rings. The zero-order valence-corrected chi connectivity index (χ0v) is 49.5. The van der Waals surface area contributed by atoms with Crippen molar-refractivity contribution in [1.29, 1.82) is 0 Å². The SMILES string of the molecule is Cc1ncsc1-c1ccc([C@H](C)NC(=O)[C@@H]2C[C@@H](O)CN2C(=O)[C@H](c2cc(N3CC4CCC(CN5CCC(OC6CC(Oc7cc(N8C9CCC8CN(c8cc(-c%10ccccc%10O)nnc8N)C9)ccn7)C6)CC5)CC3C4)no2)C(C)C)cc1. The Morgan fingerprint density at radius 2 is 1.62 bits per heavy atom. The molecular formula is C64H80N12O7S. The van der Waals surface area contributed by atoms with Gasteiger partial charge in [0.2, 0.25) is 17.7 Å². The number of aromatic nitrogens is 5. The third-order valence-corrected chi connectivity index (χ3v) is 20.4. The Hall–Kier alpha value is -6.87. The zero-order chi connectivity index (χ0) is 57.8. The molecule has 2 saturated carbocycles. The van der Waals surface area contributed by atoms with E-state index in [1.807, 2.05) is 75.8 Å². The van der Waals surface area contributed by atoms with Crippen LogP contribution in [0.3, 0.4) is 0 Å². The largest absolute Gasteiger partial charge is 0.507 e. The average Bonchev–Trinajstić information content (AvgIpc) is 4.35. The Balaban J connectivity index is 0.557. The highest BCUT2D eigenvalue weighted by Gasteiger charge is 2.46. The maximum absolute atomic E-state index is 14.6. The number of phenols is 1. The number of amides is 2. The molecule has 2 aliphatic carbocycles. The van der Waals surface area contributed by atoms with Gasteiger partial charge in [-0.25, -0.2) is 9.97 Å². The fourth-order valence-electron chi connectivity index (χ4n) is 14.9. The molecule has 19 nitrogen and oxygen atoms in total. The van der Waals surface area contributed by atoms with Gasteiger partial charge >= 0.3 is 0 Å². The zero-order valence-electron chi connectivity index (χ0n) is 48.7. The lowest BCUT2D eigenvalue weighted by molar-refractivity contribution is -0.141. The number of aliphatic hydroxyl groups excluding tert-OH is 1. The molecule has 5 aliphatic heterocycles. The number of piperazine rings is 1. The van der Waals surface area contributed by atoms with E-state index < -0.39 is 18.1 Å². The number of nitrogens with one attached hydrogen (secondary N) is 1. The van der Waals surface area contributed by atoms with Crippen molar-refractivity contribution in [3.05, 3.63) is 102 Å². The van der Waals surface area contributed by atoms with E-state index in [2.05, 4.69) is 74.5 Å². The average molecular weight is 1160 g/mol. The number of rotatable bonds is 17. The second-order valence-corrected chi connectivity index (χ2v) is 26.3. The van der Waals surface area contributed by atoms with Crippen LogP contribution in [0.4, 0.5) is 23.0 Å². The van der Waals surface area contributed by atoms with Crippen LogP contribution in [0, 0.1) is 24.7 Å². The normalized spacial score (nSPS) is 27.0. The number of nitrogens with two attached hydrogens (primary N) is 1. The number of piperidine rings is 1. The summed E-state index contributed by atoms with van der Waals surface area (Å²) in [5, 5.41) is 37.7. The van der Waals surface area contributed by atoms with E-state index in [4.69, 9.17) is 19.7 Å². The first-order chi connectivity index (χ1) is 40.7. The van der Waals surface area contributed by atoms with Gasteiger partial charge in [0.25, 0.3) is 0 Å². The first-order valence-corrected chi connectivity index (χ1v) is 31.6. The molecule has 13 rings (SSSR count). The maximum atomic E-state index is 14.6. The van der Waals surface area contributed by atoms with Gasteiger partial charge < -0.3 is 59.8 Å². The fraction of sp³-hybridized carbons (Fsp3) is 0.547. The number of hydrogen-bond acceptors (Lipinski definition) is 18. The number of para-hydroxylation sites is 1. The lowest BCUT2D eigenvalue weighted by atomic mass is 9.91. The summed E-state index contributed by atoms with van der Waals surface area (Å²) in [6.45, 7) is 13.7. The lowest BCUT2D eigenvalue weighted by Crippen LogP contribution is -2.54. The number of thiazole rings is 1. The van der Waals surface area contributed by atoms with Crippen molar-refractivity contribution in [3.63, 3.8) is 0 Å². The summed E-state index contributed by atoms with van der Waals surface area (Å²) >= 11 is 1.60. The van der Waals surface area contributed by atoms with Crippen LogP contribution in [-0.2, 0) is 14.3 Å². The molecule has 4 bridgehead atoms. The van der Waals surface area contributed by atoms with Crippen LogP contribution < -0.4 is 30.5 Å². The van der Waals surface area contributed by atoms with Crippen molar-refractivity contribution in [2.24, 2.45) is 17.8 Å². The molecule has 84 heavy (non-hydrogen) atoms. The minimum atomic E-state index is -0.803. The second kappa shape index (κ2) is 23.9. The minimum Gasteiger partial charge on any atom is -0.507 e. The van der Waals surface area contributed by atoms with Gasteiger partial charge in [-0.05, 0) is 118 Å². The van der Waals surface area contributed by atoms with Crippen molar-refractivity contribution in [3.8, 4) is 33.3 Å². The van der Waals surface area contributed by atoms with Gasteiger partial charge in [-0.1, -0.05) is 55.4 Å². The van der Waals surface area contributed by atoms with E-state index in [1.54, 1.807) is 28.4 Å². The number of carbonyl (C=O) groups excluding carboxylic acids is 2. The van der Waals surface area contributed by atoms with Crippen molar-refractivity contribution in [2.45, 2.75) is 159 Å². The number of carbonyl (C=O) groups is 2. The molecule has 9 atom stereocenters. The monoisotopic (exact) mass is 1160 g/mol. The van der Waals surface area contributed by atoms with Gasteiger partial charge in [0.05, 0.1) is 51.8 Å². The molecule has 444 valence electrons. The Morgan fingerprint density at radius 1 is 0.833 bits per heavy atom. The van der Waals surface area contributed by atoms with Crippen LogP contribution in [0.2, 0.25) is 0 Å². The molecular weight excluding hydrogens is 1080 g/mol. The van der Waals surface area contributed by atoms with Crippen LogP contribution >= 0.6 is 11.3 Å². The number of anilines is 4. The summed E-state index contributed by atoms with van der Waals surface area (Å²) in [6, 6.07) is 23.3. The number of aromatic hydroxyl groups is 1. The third-order valence-electron chi connectivity index (χ3n) is 19.4. The van der Waals surface area contributed by atoms with Crippen molar-refractivity contribution < 1.29 is 33.8 Å². The molecule has 5 N–H and O–H groups in total. The van der Waals surface area contributed by atoms with Crippen LogP contribution in [0.5, 0.6) is 11.6 Å². The molecule has 9 heterocycles. The molecule has 6 aromatic rings. The number of ether oxygens (including phenoxy) is 2. The number of pyridine rings is 1. The molecule has 5 unspecified atom stereocenters. The highest BCUT2D eigenvalue weighted by Crippen LogP contribution is 2.43. The number of β-amino-alcohol motifs (C(OH)–C–C–N with tert-alkyl or cyclic N) is 1. The highest BCUT2D eigenvalue weighted by atomic mass is 32.1. The molecule has 2 aromatic carbocycles. The summed E-state index contributed by atoms with van der Waals surface area (Å²) in [4.78, 5) is 50.2. The summed E-state index contributed by atoms with van der Waals surface area (Å²) in [7, 11) is 0. The standard InChI is InChI=1S/C64H80N12O7S/c1-37(2)60(64(80)75-35-48(77)26-55(75)63(79)68-38(3)42-11-13-43(14-12-42)61-39(4)67-36-84-61)57-30-58(71-83-57)74-32-41-10-9-40(23-47(74)24-41)31-72-21-18-49(19-22-72)81-50-27-51(28-50)82-59-25-44(17-20-66-59)76-45-15-16-46(76)34-73(33-45)54-29-53(69-70-62(54)65)52-7-5-6-8-56(52)78/h5-8,11-14,17,20,25,29-30,36-38,40-41,45-51,55,60,77-78H,9-10,15-16,18-19,21-24,26-28,31-35H2,1-4H3,(H2,65,70)(H,68,79)/t38-,40?,41?,45?,46?,47?,48+,50?,51?,55-,60-/m0/s1. The smallest absolute Gasteiger partial charge is 0.243 e. The van der Waals surface area contributed by atoms with Gasteiger partial charge in [-0.15, -0.1) is 21.5 Å². The predicted molar refractivity (Wildman–Crippen MR) is 323 cm³/mol. The van der Waals surface area contributed by atoms with Gasteiger partial charge in [0.15, 0.2) is 17.4 Å². The van der Waals surface area contributed by atoms with Crippen LogP contribution in [0.25, 0.3) is 21.7 Å². The summed E-state index contributed by atoms with van der Waals surface area (Å²) in [6.07, 6.45) is 12.4. The topological polar surface area (TPSA) is 225 Å². The van der Waals surface area contributed by atoms with Crippen molar-refractivity contribution >= 4 is 46.2 Å². The number of likely N-dealkylation sites (tertiary alicyclic amines) is 2. The van der Waals surface area contributed by atoms with Gasteiger partial charge in [-0.3, -0.25) is 9.59 Å². The van der Waals surface area contributed by atoms with Gasteiger partial charge in [0, 0.05) is 113 Å². The van der Waals surface area contributed by atoms with Crippen LogP contribution in [0.1, 0.15) is 120 Å². The molecule has 7 fully saturated rings. The Morgan fingerprint density at radius 3 is 2.37 bits per heavy atom. The van der Waals surface area contributed by atoms with Crippen LogP contribution in [0.15, 0.2) is 89.0 Å². The summed E-state index contributed by atoms with van der Waals surface area (Å²) < 4.78 is 19.3. The Bertz CT molecular complexity index is 3280. The Labute approximate surface area is 495 Å². The van der Waals surface area contributed by atoms with Crippen molar-refractivity contribution in [1.82, 2.24) is 40.4 Å². The number of nitrogen functional groups attached to an aromatic ring is 1. The van der Waals surface area contributed by atoms with E-state index in [0.717, 1.165) is 130 Å². The van der Waals surface area contributed by atoms with E-state index in [9.17, 15) is 19.8 Å². The number of nitrogens with zero attached hydrogens (tertiary/aromatic N) is 10. The number of hydrogen-bond donors (Lipinski definition) is 4. The van der Waals surface area contributed by atoms with Crippen molar-refractivity contribution in [2.75, 3.05) is 66.2 Å². The molecule has 4 aromatic heterocycles. The molecule has 0 spiro atoms. The first-order valence-electron chi connectivity index (χ1n) is 30.7. The Kier molecular flexibility index (Phi) is 16.0. The summed E-state index contributed by atoms with van der Waals surface area (Å²) in [5.74, 6) is 2.41. The number of aliphatic hydroxyl groups is 1. The lowest BCUT2D eigenvalue weighted by Gasteiger charge is -2.43. The van der Waals surface area contributed by atoms with E-state index >= 15 is 0 Å². The van der Waals surface area contributed by atoms with Crippen LogP contribution in [-0.4, -0.2) is 152 Å². The number of benzene rings is 2. The van der Waals surface area contributed by atoms with Gasteiger partial charge in [0.1, 0.15) is 23.8 Å². The predicted octanol–water partition coefficient (Wildman–Crippen LogP) is 8.77. The molecule has 0 radical (unpaired) electrons. The van der Waals surface area contributed by atoms with Gasteiger partial charge in [-0.2, -0.15) is 0 Å². The number of fused-ring (bicyclic) bond motifs is 4. The van der Waals surface area contributed by atoms with E-state index in [0.29, 0.717) is 58.7 Å². The number of aryl methyl sites for hydroxylation is 1. The molecule has 20 heteroatoms. The molecule has 5 saturated heterocycles. The van der Waals surface area contributed by atoms with E-state index in [-0.39, 0.29) is 60.8 Å². The molecule has 2 amide bonds. The quantitative estimate of drug-likeness (QED) is 0.0670. The highest BCUT2D eigenvalue weighted by molar-refractivity contribution is 7.13. The fourth-order valence-corrected chi connectivity index (χ4v) is 15.7. The maximum Gasteiger partial charge on any atom is 0.243 e. The third kappa shape index (κ3) is 11.7.